The van der Waals surface area contributed by atoms with Crippen LogP contribution in [0.15, 0.2) is 47.1 Å². The number of anilines is 1. The summed E-state index contributed by atoms with van der Waals surface area (Å²) in [6.45, 7) is 3.59. The second-order valence-corrected chi connectivity index (χ2v) is 6.00. The number of carbonyl (C=O) groups is 1. The Hall–Kier alpha value is -1.92. The summed E-state index contributed by atoms with van der Waals surface area (Å²) in [4.78, 5) is 16.1. The molecule has 1 heterocycles. The molecule has 2 aromatic rings. The van der Waals surface area contributed by atoms with E-state index in [9.17, 15) is 4.79 Å². The summed E-state index contributed by atoms with van der Waals surface area (Å²) in [5.41, 5.74) is 6.32. The van der Waals surface area contributed by atoms with E-state index in [0.29, 0.717) is 17.3 Å². The molecule has 0 bridgehead atoms. The number of ether oxygens (including phenoxy) is 1. The predicted octanol–water partition coefficient (Wildman–Crippen LogP) is 3.56. The van der Waals surface area contributed by atoms with Gasteiger partial charge in [0.25, 0.3) is 0 Å². The highest BCUT2D eigenvalue weighted by Crippen LogP contribution is 2.23. The molecule has 0 fully saturated rings. The molecule has 0 radical (unpaired) electrons. The quantitative estimate of drug-likeness (QED) is 0.851. The zero-order valence-electron chi connectivity index (χ0n) is 12.4. The fraction of sp³-hybridized carbons (Fsp3) is 0.250. The summed E-state index contributed by atoms with van der Waals surface area (Å²) in [5, 5.41) is 2.78. The van der Waals surface area contributed by atoms with E-state index in [-0.39, 0.29) is 17.9 Å². The summed E-state index contributed by atoms with van der Waals surface area (Å²) >= 11 is 3.38. The first kappa shape index (κ1) is 16.5. The third-order valence-electron chi connectivity index (χ3n) is 3.22. The van der Waals surface area contributed by atoms with Gasteiger partial charge in [-0.3, -0.25) is 4.79 Å². The molecule has 1 aromatic carbocycles. The molecule has 116 valence electrons. The van der Waals surface area contributed by atoms with Crippen molar-refractivity contribution in [3.05, 3.63) is 47.1 Å². The Morgan fingerprint density at radius 2 is 2.09 bits per heavy atom. The van der Waals surface area contributed by atoms with E-state index in [4.69, 9.17) is 10.5 Å². The first-order chi connectivity index (χ1) is 10.5. The molecule has 22 heavy (non-hydrogen) atoms. The summed E-state index contributed by atoms with van der Waals surface area (Å²) in [7, 11) is 0. The molecule has 0 spiro atoms. The lowest BCUT2D eigenvalue weighted by molar-refractivity contribution is -0.119. The largest absolute Gasteiger partial charge is 0.439 e. The lowest BCUT2D eigenvalue weighted by Gasteiger charge is -2.15. The van der Waals surface area contributed by atoms with Crippen LogP contribution in [0.5, 0.6) is 11.6 Å². The molecule has 1 aromatic heterocycles. The van der Waals surface area contributed by atoms with Crippen molar-refractivity contribution in [2.24, 2.45) is 11.7 Å². The molecule has 0 aliphatic carbocycles. The summed E-state index contributed by atoms with van der Waals surface area (Å²) in [6, 6.07) is 10.7. The minimum Gasteiger partial charge on any atom is -0.439 e. The van der Waals surface area contributed by atoms with Crippen LogP contribution < -0.4 is 15.8 Å². The third-order valence-corrected chi connectivity index (χ3v) is 3.72. The average Bonchev–Trinajstić information content (AvgIpc) is 2.48. The number of aromatic nitrogens is 1. The van der Waals surface area contributed by atoms with Gasteiger partial charge in [0.2, 0.25) is 11.8 Å². The van der Waals surface area contributed by atoms with E-state index in [0.717, 1.165) is 4.47 Å². The molecular weight excluding hydrogens is 346 g/mol. The van der Waals surface area contributed by atoms with Gasteiger partial charge in [-0.2, -0.15) is 0 Å². The lowest BCUT2D eigenvalue weighted by atomic mass is 10.0. The van der Waals surface area contributed by atoms with Gasteiger partial charge in [0.15, 0.2) is 0 Å². The molecule has 0 saturated heterocycles. The molecule has 0 aliphatic rings. The van der Waals surface area contributed by atoms with Gasteiger partial charge in [-0.25, -0.2) is 4.98 Å². The van der Waals surface area contributed by atoms with E-state index in [1.54, 1.807) is 32.2 Å². The van der Waals surface area contributed by atoms with Crippen LogP contribution in [0.2, 0.25) is 0 Å². The smallest absolute Gasteiger partial charge is 0.228 e. The molecule has 2 rings (SSSR count). The highest BCUT2D eigenvalue weighted by molar-refractivity contribution is 9.10. The number of benzene rings is 1. The van der Waals surface area contributed by atoms with Gasteiger partial charge in [0, 0.05) is 16.6 Å². The number of pyridine rings is 1. The molecule has 1 amide bonds. The number of hydrogen-bond acceptors (Lipinski definition) is 4. The van der Waals surface area contributed by atoms with Gasteiger partial charge >= 0.3 is 0 Å². The molecule has 2 atom stereocenters. The number of halogens is 1. The van der Waals surface area contributed by atoms with E-state index in [1.807, 2.05) is 24.3 Å². The molecule has 0 saturated carbocycles. The Bertz CT molecular complexity index is 644. The van der Waals surface area contributed by atoms with Crippen molar-refractivity contribution in [1.82, 2.24) is 4.98 Å². The van der Waals surface area contributed by atoms with Crippen LogP contribution in [-0.4, -0.2) is 16.9 Å². The standard InChI is InChI=1S/C16H18BrN3O2/c1-10(11(2)18)16(21)20-13-6-7-15(19-9-13)22-14-5-3-4-12(17)8-14/h3-11H,18H2,1-2H3,(H,20,21). The van der Waals surface area contributed by atoms with Gasteiger partial charge < -0.3 is 15.8 Å². The van der Waals surface area contributed by atoms with Crippen molar-refractivity contribution in [2.45, 2.75) is 19.9 Å². The van der Waals surface area contributed by atoms with Crippen LogP contribution in [-0.2, 0) is 4.79 Å². The van der Waals surface area contributed by atoms with Gasteiger partial charge in [-0.1, -0.05) is 28.9 Å². The van der Waals surface area contributed by atoms with Crippen LogP contribution in [0.3, 0.4) is 0 Å². The number of carbonyl (C=O) groups excluding carboxylic acids is 1. The highest BCUT2D eigenvalue weighted by Gasteiger charge is 2.17. The third kappa shape index (κ3) is 4.54. The second-order valence-electron chi connectivity index (χ2n) is 5.08. The molecule has 2 unspecified atom stereocenters. The van der Waals surface area contributed by atoms with Crippen LogP contribution >= 0.6 is 15.9 Å². The monoisotopic (exact) mass is 363 g/mol. The van der Waals surface area contributed by atoms with Crippen LogP contribution in [0, 0.1) is 5.92 Å². The van der Waals surface area contributed by atoms with Gasteiger partial charge in [-0.15, -0.1) is 0 Å². The first-order valence-electron chi connectivity index (χ1n) is 6.91. The Balaban J connectivity index is 2.00. The molecule has 0 aliphatic heterocycles. The normalized spacial score (nSPS) is 13.3. The average molecular weight is 364 g/mol. The topological polar surface area (TPSA) is 77.2 Å². The predicted molar refractivity (Wildman–Crippen MR) is 89.9 cm³/mol. The minimum atomic E-state index is -0.266. The zero-order chi connectivity index (χ0) is 16.1. The Morgan fingerprint density at radius 1 is 1.32 bits per heavy atom. The van der Waals surface area contributed by atoms with Crippen molar-refractivity contribution < 1.29 is 9.53 Å². The maximum atomic E-state index is 11.9. The van der Waals surface area contributed by atoms with E-state index < -0.39 is 0 Å². The van der Waals surface area contributed by atoms with Crippen molar-refractivity contribution in [3.63, 3.8) is 0 Å². The number of nitrogens with one attached hydrogen (secondary N) is 1. The molecular formula is C16H18BrN3O2. The van der Waals surface area contributed by atoms with Crippen molar-refractivity contribution >= 4 is 27.5 Å². The van der Waals surface area contributed by atoms with Crippen molar-refractivity contribution in [1.29, 1.82) is 0 Å². The second kappa shape index (κ2) is 7.38. The fourth-order valence-electron chi connectivity index (χ4n) is 1.66. The van der Waals surface area contributed by atoms with Gasteiger partial charge in [0.05, 0.1) is 17.8 Å². The molecule has 6 heteroatoms. The SMILES string of the molecule is CC(N)C(C)C(=O)Nc1ccc(Oc2cccc(Br)c2)nc1. The maximum Gasteiger partial charge on any atom is 0.228 e. The Labute approximate surface area is 138 Å². The molecule has 5 nitrogen and oxygen atoms in total. The summed E-state index contributed by atoms with van der Waals surface area (Å²) < 4.78 is 6.56. The summed E-state index contributed by atoms with van der Waals surface area (Å²) in [6.07, 6.45) is 1.55. The van der Waals surface area contributed by atoms with Crippen LogP contribution in [0.1, 0.15) is 13.8 Å². The first-order valence-corrected chi connectivity index (χ1v) is 7.71. The summed E-state index contributed by atoms with van der Waals surface area (Å²) in [5.74, 6) is 0.746. The van der Waals surface area contributed by atoms with Gasteiger partial charge in [-0.05, 0) is 31.2 Å². The van der Waals surface area contributed by atoms with Crippen molar-refractivity contribution in [3.8, 4) is 11.6 Å². The van der Waals surface area contributed by atoms with E-state index >= 15 is 0 Å². The van der Waals surface area contributed by atoms with Gasteiger partial charge in [0.1, 0.15) is 5.75 Å². The van der Waals surface area contributed by atoms with Crippen LogP contribution in [0.25, 0.3) is 0 Å². The fourth-order valence-corrected chi connectivity index (χ4v) is 2.04. The number of nitrogens with two attached hydrogens (primary N) is 1. The number of amides is 1. The maximum absolute atomic E-state index is 11.9. The number of rotatable bonds is 5. The Morgan fingerprint density at radius 3 is 2.68 bits per heavy atom. The highest BCUT2D eigenvalue weighted by atomic mass is 79.9. The van der Waals surface area contributed by atoms with Crippen LogP contribution in [0.4, 0.5) is 5.69 Å². The van der Waals surface area contributed by atoms with Crippen molar-refractivity contribution in [2.75, 3.05) is 5.32 Å². The zero-order valence-corrected chi connectivity index (χ0v) is 14.0. The van der Waals surface area contributed by atoms with E-state index in [1.165, 1.54) is 0 Å². The Kier molecular flexibility index (Phi) is 5.51. The number of nitrogens with zero attached hydrogens (tertiary/aromatic N) is 1. The number of hydrogen-bond donors (Lipinski definition) is 2. The molecule has 3 N–H and O–H groups in total. The minimum absolute atomic E-state index is 0.127. The lowest BCUT2D eigenvalue weighted by Crippen LogP contribution is -2.34. The van der Waals surface area contributed by atoms with E-state index in [2.05, 4.69) is 26.2 Å².